The Kier molecular flexibility index (Phi) is 4.43. The van der Waals surface area contributed by atoms with Crippen molar-refractivity contribution in [3.8, 4) is 11.5 Å². The van der Waals surface area contributed by atoms with Gasteiger partial charge in [0.2, 0.25) is 0 Å². The molecule has 2 aliphatic rings. The maximum absolute atomic E-state index is 13.6. The minimum atomic E-state index is -0.759. The van der Waals surface area contributed by atoms with Gasteiger partial charge in [-0.3, -0.25) is 24.5 Å². The smallest absolute Gasteiger partial charge is 0.308 e. The number of anilines is 1. The number of nitro benzene ring substituents is 1. The van der Waals surface area contributed by atoms with Crippen molar-refractivity contribution in [2.24, 2.45) is 0 Å². The van der Waals surface area contributed by atoms with Crippen molar-refractivity contribution in [2.45, 2.75) is 19.9 Å². The van der Waals surface area contributed by atoms with Crippen LogP contribution in [0.2, 0.25) is 0 Å². The highest BCUT2D eigenvalue weighted by molar-refractivity contribution is 6.12. The molecule has 3 heterocycles. The normalized spacial score (nSPS) is 14.1. The van der Waals surface area contributed by atoms with E-state index in [1.807, 2.05) is 12.1 Å². The van der Waals surface area contributed by atoms with Crippen LogP contribution in [-0.4, -0.2) is 34.5 Å². The molecule has 0 aliphatic carbocycles. The topological polar surface area (TPSA) is 121 Å². The highest BCUT2D eigenvalue weighted by Crippen LogP contribution is 2.40. The van der Waals surface area contributed by atoms with Gasteiger partial charge in [-0.25, -0.2) is 0 Å². The van der Waals surface area contributed by atoms with Crippen LogP contribution in [-0.2, 0) is 17.8 Å². The van der Waals surface area contributed by atoms with Crippen molar-refractivity contribution >= 4 is 34.2 Å². The molecule has 5 rings (SSSR count). The lowest BCUT2D eigenvalue weighted by molar-refractivity contribution is -0.384. The average Bonchev–Trinajstić information content (AvgIpc) is 3.20. The van der Waals surface area contributed by atoms with Gasteiger partial charge < -0.3 is 18.9 Å². The van der Waals surface area contributed by atoms with Crippen LogP contribution in [0, 0.1) is 10.1 Å². The van der Waals surface area contributed by atoms with Gasteiger partial charge in [0.25, 0.3) is 17.2 Å². The summed E-state index contributed by atoms with van der Waals surface area (Å²) >= 11 is 0. The zero-order valence-corrected chi connectivity index (χ0v) is 17.0. The standard InChI is InChI=1S/C22H17N3O7/c1-12(26)32-20-15-10-14(25(29)30)11-17-19(15)24(8-9-31-17)22(28)18(20)21(27)23-7-6-13-4-2-3-5-16(13)23/h2-5,10-11H,6-9H2,1H3. The Morgan fingerprint density at radius 2 is 1.97 bits per heavy atom. The molecule has 0 spiro atoms. The Bertz CT molecular complexity index is 1390. The summed E-state index contributed by atoms with van der Waals surface area (Å²) < 4.78 is 12.2. The Hall–Kier alpha value is -4.21. The van der Waals surface area contributed by atoms with Gasteiger partial charge in [-0.15, -0.1) is 0 Å². The largest absolute Gasteiger partial charge is 0.489 e. The molecule has 10 nitrogen and oxygen atoms in total. The van der Waals surface area contributed by atoms with Crippen LogP contribution in [0.25, 0.3) is 10.9 Å². The zero-order valence-electron chi connectivity index (χ0n) is 17.0. The number of carbonyl (C=O) groups excluding carboxylic acids is 2. The van der Waals surface area contributed by atoms with Crippen molar-refractivity contribution < 1.29 is 24.0 Å². The molecule has 0 saturated carbocycles. The predicted molar refractivity (Wildman–Crippen MR) is 113 cm³/mol. The molecule has 1 aromatic heterocycles. The molecular weight excluding hydrogens is 418 g/mol. The maximum atomic E-state index is 13.6. The molecule has 0 bridgehead atoms. The summed E-state index contributed by atoms with van der Waals surface area (Å²) in [6, 6.07) is 9.75. The van der Waals surface area contributed by atoms with Gasteiger partial charge in [-0.2, -0.15) is 0 Å². The van der Waals surface area contributed by atoms with Gasteiger partial charge in [0.15, 0.2) is 11.5 Å². The van der Waals surface area contributed by atoms with Crippen LogP contribution in [0.5, 0.6) is 11.5 Å². The molecule has 0 fully saturated rings. The molecule has 32 heavy (non-hydrogen) atoms. The molecule has 0 N–H and O–H groups in total. The van der Waals surface area contributed by atoms with Crippen molar-refractivity contribution in [3.63, 3.8) is 0 Å². The lowest BCUT2D eigenvalue weighted by Gasteiger charge is -2.24. The summed E-state index contributed by atoms with van der Waals surface area (Å²) in [7, 11) is 0. The number of nitro groups is 1. The van der Waals surface area contributed by atoms with Crippen molar-refractivity contribution in [1.82, 2.24) is 4.57 Å². The first-order valence-electron chi connectivity index (χ1n) is 9.96. The highest BCUT2D eigenvalue weighted by Gasteiger charge is 2.34. The van der Waals surface area contributed by atoms with Gasteiger partial charge in [-0.05, 0) is 18.1 Å². The van der Waals surface area contributed by atoms with Gasteiger partial charge in [0.1, 0.15) is 12.2 Å². The highest BCUT2D eigenvalue weighted by atomic mass is 16.6. The van der Waals surface area contributed by atoms with E-state index in [-0.39, 0.29) is 46.8 Å². The zero-order chi connectivity index (χ0) is 22.6. The van der Waals surface area contributed by atoms with Gasteiger partial charge >= 0.3 is 5.97 Å². The first-order chi connectivity index (χ1) is 15.4. The Labute approximate surface area is 180 Å². The van der Waals surface area contributed by atoms with Crippen LogP contribution in [0.1, 0.15) is 22.8 Å². The minimum Gasteiger partial charge on any atom is -0.489 e. The van der Waals surface area contributed by atoms with E-state index in [0.717, 1.165) is 12.5 Å². The van der Waals surface area contributed by atoms with Crippen molar-refractivity contribution in [2.75, 3.05) is 18.1 Å². The van der Waals surface area contributed by atoms with E-state index in [2.05, 4.69) is 0 Å². The number of ether oxygens (including phenoxy) is 2. The van der Waals surface area contributed by atoms with E-state index in [1.54, 1.807) is 12.1 Å². The third kappa shape index (κ3) is 2.91. The molecule has 3 aromatic rings. The fraction of sp³-hybridized carbons (Fsp3) is 0.227. The van der Waals surface area contributed by atoms with Crippen LogP contribution in [0.3, 0.4) is 0 Å². The second kappa shape index (κ2) is 7.19. The Balaban J connectivity index is 1.82. The molecule has 162 valence electrons. The first kappa shape index (κ1) is 19.7. The van der Waals surface area contributed by atoms with Crippen LogP contribution < -0.4 is 19.9 Å². The molecule has 10 heteroatoms. The fourth-order valence-electron chi connectivity index (χ4n) is 4.31. The van der Waals surface area contributed by atoms with Gasteiger partial charge in [-0.1, -0.05) is 18.2 Å². The number of hydrogen-bond donors (Lipinski definition) is 0. The van der Waals surface area contributed by atoms with E-state index in [4.69, 9.17) is 9.47 Å². The number of non-ortho nitro benzene ring substituents is 1. The number of pyridine rings is 1. The number of hydrogen-bond acceptors (Lipinski definition) is 7. The number of amides is 1. The molecule has 2 aromatic carbocycles. The molecule has 1 amide bonds. The second-order valence-electron chi connectivity index (χ2n) is 7.54. The van der Waals surface area contributed by atoms with Gasteiger partial charge in [0, 0.05) is 25.2 Å². The summed E-state index contributed by atoms with van der Waals surface area (Å²) in [5.74, 6) is -1.55. The summed E-state index contributed by atoms with van der Waals surface area (Å²) in [6.45, 7) is 1.75. The van der Waals surface area contributed by atoms with E-state index < -0.39 is 22.4 Å². The van der Waals surface area contributed by atoms with Crippen molar-refractivity contribution in [1.29, 1.82) is 0 Å². The molecule has 0 radical (unpaired) electrons. The number of rotatable bonds is 3. The van der Waals surface area contributed by atoms with Crippen molar-refractivity contribution in [3.05, 3.63) is 68.0 Å². The molecular formula is C22H17N3O7. The number of para-hydroxylation sites is 1. The quantitative estimate of drug-likeness (QED) is 0.352. The second-order valence-corrected chi connectivity index (χ2v) is 7.54. The number of fused-ring (bicyclic) bond motifs is 1. The molecule has 0 atom stereocenters. The fourth-order valence-corrected chi connectivity index (χ4v) is 4.31. The molecule has 0 unspecified atom stereocenters. The lowest BCUT2D eigenvalue weighted by atomic mass is 10.1. The van der Waals surface area contributed by atoms with Gasteiger partial charge in [0.05, 0.1) is 28.4 Å². The summed E-state index contributed by atoms with van der Waals surface area (Å²) in [4.78, 5) is 51.3. The Morgan fingerprint density at radius 3 is 2.72 bits per heavy atom. The Morgan fingerprint density at radius 1 is 1.19 bits per heavy atom. The molecule has 0 saturated heterocycles. The lowest BCUT2D eigenvalue weighted by Crippen LogP contribution is -2.38. The monoisotopic (exact) mass is 435 g/mol. The number of benzene rings is 2. The van der Waals surface area contributed by atoms with E-state index >= 15 is 0 Å². The third-order valence-corrected chi connectivity index (χ3v) is 5.64. The van der Waals surface area contributed by atoms with Crippen LogP contribution >= 0.6 is 0 Å². The predicted octanol–water partition coefficient (Wildman–Crippen LogP) is 2.43. The number of carbonyl (C=O) groups is 2. The van der Waals surface area contributed by atoms with Crippen LogP contribution in [0.4, 0.5) is 11.4 Å². The first-order valence-corrected chi connectivity index (χ1v) is 9.96. The average molecular weight is 435 g/mol. The maximum Gasteiger partial charge on any atom is 0.308 e. The van der Waals surface area contributed by atoms with E-state index in [9.17, 15) is 24.5 Å². The number of esters is 1. The number of aromatic nitrogens is 1. The molecule has 2 aliphatic heterocycles. The van der Waals surface area contributed by atoms with E-state index in [1.165, 1.54) is 21.6 Å². The van der Waals surface area contributed by atoms with Crippen LogP contribution in [0.15, 0.2) is 41.2 Å². The third-order valence-electron chi connectivity index (χ3n) is 5.64. The SMILES string of the molecule is CC(=O)Oc1c(C(=O)N2CCc3ccccc32)c(=O)n2c3c(cc([N+](=O)[O-])cc13)OCC2. The van der Waals surface area contributed by atoms with E-state index in [0.29, 0.717) is 18.7 Å². The number of nitrogens with zero attached hydrogens (tertiary/aromatic N) is 3. The summed E-state index contributed by atoms with van der Waals surface area (Å²) in [6.07, 6.45) is 0.621. The summed E-state index contributed by atoms with van der Waals surface area (Å²) in [5, 5.41) is 11.6. The summed E-state index contributed by atoms with van der Waals surface area (Å²) in [5.41, 5.74) is 0.606. The minimum absolute atomic E-state index is 0.0968.